The summed E-state index contributed by atoms with van der Waals surface area (Å²) in [6, 6.07) is 0. The Morgan fingerprint density at radius 3 is 1.03 bits per heavy atom. The minimum atomic E-state index is 0.0946. The lowest BCUT2D eigenvalue weighted by molar-refractivity contribution is 0.125. The molecular formula is C27H56O2. The first-order valence-corrected chi connectivity index (χ1v) is 13.5. The van der Waals surface area contributed by atoms with Crippen LogP contribution in [0.4, 0.5) is 0 Å². The summed E-state index contributed by atoms with van der Waals surface area (Å²) in [7, 11) is 0. The molecule has 0 amide bonds. The van der Waals surface area contributed by atoms with Gasteiger partial charge in [-0.3, -0.25) is 0 Å². The highest BCUT2D eigenvalue weighted by Gasteiger charge is 2.15. The van der Waals surface area contributed by atoms with E-state index in [2.05, 4.69) is 13.8 Å². The minimum Gasteiger partial charge on any atom is -0.396 e. The second kappa shape index (κ2) is 24.2. The highest BCUT2D eigenvalue weighted by atomic mass is 16.3. The van der Waals surface area contributed by atoms with Crippen molar-refractivity contribution in [2.75, 3.05) is 13.2 Å². The van der Waals surface area contributed by atoms with Gasteiger partial charge in [-0.2, -0.15) is 0 Å². The Morgan fingerprint density at radius 2 is 0.724 bits per heavy atom. The average molecular weight is 413 g/mol. The van der Waals surface area contributed by atoms with Crippen molar-refractivity contribution >= 4 is 0 Å². The zero-order valence-electron chi connectivity index (χ0n) is 20.3. The summed E-state index contributed by atoms with van der Waals surface area (Å²) in [6.07, 6.45) is 28.6. The number of aliphatic hydroxyl groups excluding tert-OH is 2. The van der Waals surface area contributed by atoms with Gasteiger partial charge in [-0.15, -0.1) is 0 Å². The van der Waals surface area contributed by atoms with Crippen molar-refractivity contribution in [1.29, 1.82) is 0 Å². The second-order valence-electron chi connectivity index (χ2n) is 9.57. The van der Waals surface area contributed by atoms with Gasteiger partial charge >= 0.3 is 0 Å². The Balaban J connectivity index is 3.80. The van der Waals surface area contributed by atoms with Gasteiger partial charge in [0.15, 0.2) is 0 Å². The molecule has 0 saturated carbocycles. The van der Waals surface area contributed by atoms with Crippen LogP contribution < -0.4 is 0 Å². The third-order valence-corrected chi connectivity index (χ3v) is 6.61. The highest BCUT2D eigenvalue weighted by Crippen LogP contribution is 2.25. The highest BCUT2D eigenvalue weighted by molar-refractivity contribution is 4.67. The van der Waals surface area contributed by atoms with E-state index in [1.165, 1.54) is 128 Å². The third-order valence-electron chi connectivity index (χ3n) is 6.61. The van der Waals surface area contributed by atoms with Crippen molar-refractivity contribution in [1.82, 2.24) is 0 Å². The van der Waals surface area contributed by atoms with E-state index in [4.69, 9.17) is 0 Å². The van der Waals surface area contributed by atoms with Gasteiger partial charge in [0.2, 0.25) is 0 Å². The Morgan fingerprint density at radius 1 is 0.414 bits per heavy atom. The summed E-state index contributed by atoms with van der Waals surface area (Å²) in [6.45, 7) is 4.84. The maximum atomic E-state index is 9.47. The number of hydrogen-bond donors (Lipinski definition) is 2. The molecule has 0 heterocycles. The second-order valence-corrected chi connectivity index (χ2v) is 9.57. The fraction of sp³-hybridized carbons (Fsp3) is 1.00. The Hall–Kier alpha value is -0.0800. The predicted octanol–water partition coefficient (Wildman–Crippen LogP) is 8.44. The Bertz CT molecular complexity index is 288. The van der Waals surface area contributed by atoms with Crippen molar-refractivity contribution in [3.63, 3.8) is 0 Å². The molecule has 176 valence electrons. The summed E-state index contributed by atoms with van der Waals surface area (Å²) in [4.78, 5) is 0. The summed E-state index contributed by atoms with van der Waals surface area (Å²) >= 11 is 0. The van der Waals surface area contributed by atoms with E-state index in [0.717, 1.165) is 6.42 Å². The van der Waals surface area contributed by atoms with Crippen molar-refractivity contribution < 1.29 is 10.2 Å². The van der Waals surface area contributed by atoms with E-state index in [0.29, 0.717) is 5.92 Å². The molecule has 0 aromatic heterocycles. The molecule has 0 radical (unpaired) electrons. The molecule has 1 atom stereocenters. The van der Waals surface area contributed by atoms with Crippen molar-refractivity contribution in [3.05, 3.63) is 0 Å². The van der Waals surface area contributed by atoms with E-state index in [9.17, 15) is 10.2 Å². The van der Waals surface area contributed by atoms with Gasteiger partial charge in [-0.05, 0) is 12.3 Å². The van der Waals surface area contributed by atoms with Crippen molar-refractivity contribution in [2.24, 2.45) is 11.8 Å². The molecule has 0 spiro atoms. The third kappa shape index (κ3) is 21.0. The van der Waals surface area contributed by atoms with Crippen LogP contribution in [0.3, 0.4) is 0 Å². The van der Waals surface area contributed by atoms with E-state index in [1.54, 1.807) is 0 Å². The molecule has 0 saturated heterocycles. The monoisotopic (exact) mass is 412 g/mol. The fourth-order valence-electron chi connectivity index (χ4n) is 4.55. The molecule has 2 heteroatoms. The first-order chi connectivity index (χ1) is 14.3. The molecule has 29 heavy (non-hydrogen) atoms. The van der Waals surface area contributed by atoms with Crippen LogP contribution in [-0.2, 0) is 0 Å². The molecule has 0 aromatic rings. The standard InChI is InChI=1S/C27H56O2/c1-3-5-7-9-11-13-14-16-18-20-22-26(23-27(24-28)25-29)21-19-17-15-12-10-8-6-4-2/h26-29H,3-25H2,1-2H3. The van der Waals surface area contributed by atoms with Crippen LogP contribution in [0.1, 0.15) is 149 Å². The number of aliphatic hydroxyl groups is 2. The molecule has 0 fully saturated rings. The lowest BCUT2D eigenvalue weighted by atomic mass is 9.86. The zero-order chi connectivity index (χ0) is 21.4. The summed E-state index contributed by atoms with van der Waals surface area (Å²) in [5.41, 5.74) is 0. The quantitative estimate of drug-likeness (QED) is 0.156. The lowest BCUT2D eigenvalue weighted by Gasteiger charge is -2.21. The first-order valence-electron chi connectivity index (χ1n) is 13.5. The van der Waals surface area contributed by atoms with Crippen LogP contribution in [0.25, 0.3) is 0 Å². The molecule has 2 nitrogen and oxygen atoms in total. The van der Waals surface area contributed by atoms with E-state index in [-0.39, 0.29) is 19.1 Å². The van der Waals surface area contributed by atoms with Crippen molar-refractivity contribution in [2.45, 2.75) is 149 Å². The van der Waals surface area contributed by atoms with E-state index >= 15 is 0 Å². The minimum absolute atomic E-state index is 0.0946. The molecule has 2 N–H and O–H groups in total. The van der Waals surface area contributed by atoms with Gasteiger partial charge in [-0.1, -0.05) is 142 Å². The fourth-order valence-corrected chi connectivity index (χ4v) is 4.55. The van der Waals surface area contributed by atoms with Crippen LogP contribution in [0.2, 0.25) is 0 Å². The molecule has 0 aliphatic rings. The summed E-state index contributed by atoms with van der Waals surface area (Å²) in [5, 5.41) is 18.9. The normalized spacial score (nSPS) is 12.7. The average Bonchev–Trinajstić information content (AvgIpc) is 2.74. The largest absolute Gasteiger partial charge is 0.396 e. The smallest absolute Gasteiger partial charge is 0.0481 e. The van der Waals surface area contributed by atoms with Gasteiger partial charge in [0.05, 0.1) is 0 Å². The van der Waals surface area contributed by atoms with E-state index < -0.39 is 0 Å². The Kier molecular flexibility index (Phi) is 24.1. The van der Waals surface area contributed by atoms with Crippen LogP contribution in [0, 0.1) is 11.8 Å². The molecule has 0 rings (SSSR count). The molecule has 1 unspecified atom stereocenters. The van der Waals surface area contributed by atoms with Gasteiger partial charge in [-0.25, -0.2) is 0 Å². The Labute approximate surface area is 184 Å². The molecular weight excluding hydrogens is 356 g/mol. The summed E-state index contributed by atoms with van der Waals surface area (Å²) < 4.78 is 0. The number of rotatable bonds is 24. The molecule has 0 aliphatic carbocycles. The van der Waals surface area contributed by atoms with Crippen molar-refractivity contribution in [3.8, 4) is 0 Å². The van der Waals surface area contributed by atoms with Gasteiger partial charge in [0, 0.05) is 19.1 Å². The van der Waals surface area contributed by atoms with Gasteiger partial charge in [0.1, 0.15) is 0 Å². The number of unbranched alkanes of at least 4 members (excludes halogenated alkanes) is 16. The van der Waals surface area contributed by atoms with Crippen LogP contribution in [0.5, 0.6) is 0 Å². The molecule has 0 bridgehead atoms. The van der Waals surface area contributed by atoms with Gasteiger partial charge in [0.25, 0.3) is 0 Å². The first kappa shape index (κ1) is 28.9. The number of hydrogen-bond acceptors (Lipinski definition) is 2. The zero-order valence-corrected chi connectivity index (χ0v) is 20.3. The van der Waals surface area contributed by atoms with Gasteiger partial charge < -0.3 is 10.2 Å². The molecule has 0 aliphatic heterocycles. The maximum absolute atomic E-state index is 9.47. The van der Waals surface area contributed by atoms with E-state index in [1.807, 2.05) is 0 Å². The topological polar surface area (TPSA) is 40.5 Å². The van der Waals surface area contributed by atoms with Crippen LogP contribution in [-0.4, -0.2) is 23.4 Å². The van der Waals surface area contributed by atoms with Crippen LogP contribution in [0.15, 0.2) is 0 Å². The predicted molar refractivity (Wildman–Crippen MR) is 129 cm³/mol. The molecule has 0 aromatic carbocycles. The summed E-state index contributed by atoms with van der Waals surface area (Å²) in [5.74, 6) is 0.797. The lowest BCUT2D eigenvalue weighted by Crippen LogP contribution is -2.16. The van der Waals surface area contributed by atoms with Crippen LogP contribution >= 0.6 is 0 Å². The maximum Gasteiger partial charge on any atom is 0.0481 e. The SMILES string of the molecule is CCCCCCCCCCCCC(CCCCCCCCCC)CC(CO)CO.